The van der Waals surface area contributed by atoms with Crippen molar-refractivity contribution in [3.63, 3.8) is 0 Å². The van der Waals surface area contributed by atoms with Crippen molar-refractivity contribution in [3.8, 4) is 5.75 Å². The van der Waals surface area contributed by atoms with Crippen molar-refractivity contribution < 1.29 is 18.3 Å². The van der Waals surface area contributed by atoms with Gasteiger partial charge >= 0.3 is 0 Å². The number of halogens is 2. The minimum absolute atomic E-state index is 0.0233. The van der Waals surface area contributed by atoms with E-state index in [1.165, 1.54) is 12.1 Å². The Morgan fingerprint density at radius 3 is 2.26 bits per heavy atom. The standard InChI is InChI=1S/C23H30F2N2O2.C2H6/c1-4-8-21(29-19-12-11-18(14-26)20(13-19)22(24)25)23(28)27(16(2)3)15-17-9-6-5-7-10-17;1-2/h5-7,9-13,16,21-22H,4,8,14-15,26H2,1-3H3;1-2H3. The molecule has 1 amide bonds. The van der Waals surface area contributed by atoms with Crippen molar-refractivity contribution in [2.75, 3.05) is 0 Å². The molecule has 2 aromatic rings. The number of nitrogens with two attached hydrogens (primary N) is 1. The summed E-state index contributed by atoms with van der Waals surface area (Å²) in [5.74, 6) is 0.111. The van der Waals surface area contributed by atoms with Gasteiger partial charge in [-0.1, -0.05) is 63.6 Å². The molecule has 172 valence electrons. The van der Waals surface area contributed by atoms with Crippen LogP contribution in [-0.2, 0) is 17.9 Å². The SMILES string of the molecule is CC.CCCC(Oc1ccc(CN)c(C(F)F)c1)C(=O)N(Cc1ccccc1)C(C)C. The number of hydrogen-bond donors (Lipinski definition) is 1. The first kappa shape index (κ1) is 26.6. The molecule has 2 rings (SSSR count). The number of rotatable bonds is 10. The molecule has 0 radical (unpaired) electrons. The smallest absolute Gasteiger partial charge is 0.264 e. The summed E-state index contributed by atoms with van der Waals surface area (Å²) < 4.78 is 32.6. The van der Waals surface area contributed by atoms with Gasteiger partial charge in [-0.2, -0.15) is 0 Å². The number of alkyl halides is 2. The largest absolute Gasteiger partial charge is 0.481 e. The van der Waals surface area contributed by atoms with Gasteiger partial charge in [0.1, 0.15) is 5.75 Å². The van der Waals surface area contributed by atoms with Gasteiger partial charge in [0.2, 0.25) is 0 Å². The van der Waals surface area contributed by atoms with Crippen molar-refractivity contribution >= 4 is 5.91 Å². The monoisotopic (exact) mass is 434 g/mol. The first-order valence-electron chi connectivity index (χ1n) is 11.0. The highest BCUT2D eigenvalue weighted by atomic mass is 19.3. The first-order valence-corrected chi connectivity index (χ1v) is 11.0. The van der Waals surface area contributed by atoms with Crippen LogP contribution in [0.3, 0.4) is 0 Å². The summed E-state index contributed by atoms with van der Waals surface area (Å²) in [6, 6.07) is 14.1. The number of carbonyl (C=O) groups is 1. The normalized spacial score (nSPS) is 11.7. The molecule has 2 N–H and O–H groups in total. The van der Waals surface area contributed by atoms with Crippen LogP contribution in [0.1, 0.15) is 70.6 Å². The molecule has 0 aliphatic rings. The van der Waals surface area contributed by atoms with Gasteiger partial charge < -0.3 is 15.4 Å². The lowest BCUT2D eigenvalue weighted by molar-refractivity contribution is -0.141. The van der Waals surface area contributed by atoms with Gasteiger partial charge in [-0.3, -0.25) is 4.79 Å². The lowest BCUT2D eigenvalue weighted by Crippen LogP contribution is -2.45. The van der Waals surface area contributed by atoms with Crippen LogP contribution >= 0.6 is 0 Å². The highest BCUT2D eigenvalue weighted by Gasteiger charge is 2.28. The summed E-state index contributed by atoms with van der Waals surface area (Å²) in [5, 5.41) is 0. The van der Waals surface area contributed by atoms with Crippen LogP contribution in [-0.4, -0.2) is 23.0 Å². The molecule has 1 unspecified atom stereocenters. The predicted molar refractivity (Wildman–Crippen MR) is 122 cm³/mol. The van der Waals surface area contributed by atoms with Crippen molar-refractivity contribution in [1.29, 1.82) is 0 Å². The zero-order valence-electron chi connectivity index (χ0n) is 19.3. The molecule has 0 spiro atoms. The van der Waals surface area contributed by atoms with E-state index in [1.54, 1.807) is 11.0 Å². The van der Waals surface area contributed by atoms with Crippen molar-refractivity contribution in [2.24, 2.45) is 5.73 Å². The molecule has 6 heteroatoms. The fraction of sp³-hybridized carbons (Fsp3) is 0.480. The Morgan fingerprint density at radius 1 is 1.10 bits per heavy atom. The van der Waals surface area contributed by atoms with E-state index in [-0.39, 0.29) is 29.8 Å². The second-order valence-corrected chi connectivity index (χ2v) is 7.31. The van der Waals surface area contributed by atoms with Crippen LogP contribution in [0.15, 0.2) is 48.5 Å². The highest BCUT2D eigenvalue weighted by Crippen LogP contribution is 2.28. The summed E-state index contributed by atoms with van der Waals surface area (Å²) in [7, 11) is 0. The second-order valence-electron chi connectivity index (χ2n) is 7.31. The van der Waals surface area contributed by atoms with Crippen LogP contribution in [0.25, 0.3) is 0 Å². The van der Waals surface area contributed by atoms with Crippen LogP contribution in [0.4, 0.5) is 8.78 Å². The minimum atomic E-state index is -2.65. The van der Waals surface area contributed by atoms with Crippen LogP contribution in [0, 0.1) is 0 Å². The zero-order chi connectivity index (χ0) is 23.4. The molecule has 2 aromatic carbocycles. The molecule has 1 atom stereocenters. The third kappa shape index (κ3) is 7.94. The topological polar surface area (TPSA) is 55.6 Å². The maximum absolute atomic E-state index is 13.3. The zero-order valence-corrected chi connectivity index (χ0v) is 19.3. The van der Waals surface area contributed by atoms with Crippen molar-refractivity contribution in [1.82, 2.24) is 4.90 Å². The Morgan fingerprint density at radius 2 is 1.74 bits per heavy atom. The lowest BCUT2D eigenvalue weighted by atomic mass is 10.1. The number of carbonyl (C=O) groups excluding carboxylic acids is 1. The van der Waals surface area contributed by atoms with Crippen LogP contribution in [0.5, 0.6) is 5.75 Å². The molecule has 31 heavy (non-hydrogen) atoms. The van der Waals surface area contributed by atoms with Crippen LogP contribution in [0.2, 0.25) is 0 Å². The van der Waals surface area contributed by atoms with Gasteiger partial charge in [-0.15, -0.1) is 0 Å². The number of hydrogen-bond acceptors (Lipinski definition) is 3. The van der Waals surface area contributed by atoms with E-state index in [1.807, 2.05) is 65.0 Å². The molecule has 0 aromatic heterocycles. The summed E-state index contributed by atoms with van der Waals surface area (Å²) in [6.07, 6.45) is -2.15. The van der Waals surface area contributed by atoms with E-state index < -0.39 is 12.5 Å². The fourth-order valence-corrected chi connectivity index (χ4v) is 3.17. The molecule has 0 heterocycles. The third-order valence-electron chi connectivity index (χ3n) is 4.78. The van der Waals surface area contributed by atoms with E-state index >= 15 is 0 Å². The van der Waals surface area contributed by atoms with E-state index in [2.05, 4.69) is 0 Å². The van der Waals surface area contributed by atoms with Gasteiger partial charge in [-0.25, -0.2) is 8.78 Å². The summed E-state index contributed by atoms with van der Waals surface area (Å²) >= 11 is 0. The number of ether oxygens (including phenoxy) is 1. The van der Waals surface area contributed by atoms with E-state index in [0.717, 1.165) is 12.0 Å². The lowest BCUT2D eigenvalue weighted by Gasteiger charge is -2.31. The van der Waals surface area contributed by atoms with Crippen molar-refractivity contribution in [2.45, 2.75) is 79.1 Å². The third-order valence-corrected chi connectivity index (χ3v) is 4.78. The van der Waals surface area contributed by atoms with Gasteiger partial charge in [0.25, 0.3) is 12.3 Å². The molecule has 0 aliphatic heterocycles. The Balaban J connectivity index is 0.00000233. The minimum Gasteiger partial charge on any atom is -0.481 e. The molecule has 0 bridgehead atoms. The second kappa shape index (κ2) is 13.8. The van der Waals surface area contributed by atoms with E-state index in [9.17, 15) is 13.6 Å². The summed E-state index contributed by atoms with van der Waals surface area (Å²) in [5.41, 5.74) is 6.79. The molecular weight excluding hydrogens is 398 g/mol. The Labute approximate surface area is 185 Å². The van der Waals surface area contributed by atoms with Crippen molar-refractivity contribution in [3.05, 3.63) is 65.2 Å². The molecule has 0 saturated heterocycles. The average Bonchev–Trinajstić information content (AvgIpc) is 2.78. The highest BCUT2D eigenvalue weighted by molar-refractivity contribution is 5.81. The first-order chi connectivity index (χ1) is 14.9. The van der Waals surface area contributed by atoms with E-state index in [0.29, 0.717) is 18.5 Å². The van der Waals surface area contributed by atoms with Gasteiger partial charge in [0.15, 0.2) is 6.10 Å². The predicted octanol–water partition coefficient (Wildman–Crippen LogP) is 6.09. The number of amides is 1. The Kier molecular flexibility index (Phi) is 11.8. The maximum atomic E-state index is 13.3. The van der Waals surface area contributed by atoms with Gasteiger partial charge in [0, 0.05) is 24.7 Å². The Bertz CT molecular complexity index is 782. The Hall–Kier alpha value is -2.47. The molecule has 0 saturated carbocycles. The summed E-state index contributed by atoms with van der Waals surface area (Å²) in [4.78, 5) is 15.0. The van der Waals surface area contributed by atoms with Crippen LogP contribution < -0.4 is 10.5 Å². The average molecular weight is 435 g/mol. The maximum Gasteiger partial charge on any atom is 0.264 e. The van der Waals surface area contributed by atoms with Gasteiger partial charge in [0.05, 0.1) is 0 Å². The fourth-order valence-electron chi connectivity index (χ4n) is 3.17. The van der Waals surface area contributed by atoms with Gasteiger partial charge in [-0.05, 0) is 43.5 Å². The molecular formula is C25H36F2N2O2. The molecule has 0 fully saturated rings. The molecule has 0 aliphatic carbocycles. The summed E-state index contributed by atoms with van der Waals surface area (Å²) in [6.45, 7) is 10.4. The van der Waals surface area contributed by atoms with E-state index in [4.69, 9.17) is 10.5 Å². The number of nitrogens with zero attached hydrogens (tertiary/aromatic N) is 1. The number of benzene rings is 2. The molecule has 4 nitrogen and oxygen atoms in total. The quantitative estimate of drug-likeness (QED) is 0.492.